The van der Waals surface area contributed by atoms with Gasteiger partial charge >= 0.3 is 6.03 Å². The van der Waals surface area contributed by atoms with E-state index in [9.17, 15) is 14.7 Å². The number of ether oxygens (including phenoxy) is 2. The molecule has 1 aliphatic rings. The quantitative estimate of drug-likeness (QED) is 0.129. The van der Waals surface area contributed by atoms with Crippen molar-refractivity contribution < 1.29 is 24.2 Å². The summed E-state index contributed by atoms with van der Waals surface area (Å²) in [6.07, 6.45) is -0.865. The zero-order valence-corrected chi connectivity index (χ0v) is 27.2. The van der Waals surface area contributed by atoms with E-state index in [0.29, 0.717) is 13.1 Å². The fraction of sp³-hybridized carbons (Fsp3) is 0.297. The number of urea groups is 1. The van der Waals surface area contributed by atoms with Crippen molar-refractivity contribution in [1.29, 1.82) is 0 Å². The molecule has 240 valence electrons. The Bertz CT molecular complexity index is 1600. The zero-order chi connectivity index (χ0) is 32.5. The largest absolute Gasteiger partial charge is 0.392 e. The van der Waals surface area contributed by atoms with Gasteiger partial charge in [0.25, 0.3) is 0 Å². The van der Waals surface area contributed by atoms with Crippen LogP contribution in [0, 0.1) is 5.92 Å². The normalized spacial score (nSPS) is 19.3. The van der Waals surface area contributed by atoms with Gasteiger partial charge < -0.3 is 30.5 Å². The van der Waals surface area contributed by atoms with E-state index in [1.165, 1.54) is 6.92 Å². The Morgan fingerprint density at radius 3 is 2.22 bits per heavy atom. The molecule has 0 radical (unpaired) electrons. The number of hydrogen-bond donors (Lipinski definition) is 4. The highest BCUT2D eigenvalue weighted by Gasteiger charge is 2.38. The monoisotopic (exact) mass is 639 g/mol. The topological polar surface area (TPSA) is 109 Å². The van der Waals surface area contributed by atoms with Crippen molar-refractivity contribution in [2.24, 2.45) is 5.92 Å². The summed E-state index contributed by atoms with van der Waals surface area (Å²) in [4.78, 5) is 24.3. The average Bonchev–Trinajstić information content (AvgIpc) is 3.08. The van der Waals surface area contributed by atoms with Gasteiger partial charge in [0.1, 0.15) is 0 Å². The van der Waals surface area contributed by atoms with E-state index >= 15 is 0 Å². The Kier molecular flexibility index (Phi) is 11.5. The minimum atomic E-state index is -0.562. The van der Waals surface area contributed by atoms with Crippen LogP contribution in [-0.2, 0) is 27.4 Å². The van der Waals surface area contributed by atoms with Gasteiger partial charge in [0.05, 0.1) is 18.8 Å². The summed E-state index contributed by atoms with van der Waals surface area (Å²) in [5.41, 5.74) is 6.72. The van der Waals surface area contributed by atoms with Crippen molar-refractivity contribution in [1.82, 2.24) is 10.6 Å². The van der Waals surface area contributed by atoms with Gasteiger partial charge in [-0.3, -0.25) is 4.79 Å². The summed E-state index contributed by atoms with van der Waals surface area (Å²) in [7, 11) is 0. The number of rotatable bonds is 11. The number of amides is 3. The first-order chi connectivity index (χ1) is 22.3. The number of aliphatic hydroxyl groups excluding tert-OH is 1. The molecule has 1 saturated heterocycles. The third-order valence-electron chi connectivity index (χ3n) is 7.95. The molecular formula is C37H41N3O5S. The van der Waals surface area contributed by atoms with Crippen LogP contribution in [0.3, 0.4) is 0 Å². The van der Waals surface area contributed by atoms with E-state index in [1.807, 2.05) is 79.7 Å². The van der Waals surface area contributed by atoms with Crippen LogP contribution in [0.2, 0.25) is 0 Å². The summed E-state index contributed by atoms with van der Waals surface area (Å²) in [5.74, 6) is 0.694. The second kappa shape index (κ2) is 15.9. The van der Waals surface area contributed by atoms with Crippen LogP contribution in [0.1, 0.15) is 55.4 Å². The van der Waals surface area contributed by atoms with Gasteiger partial charge in [0.15, 0.2) is 6.29 Å². The SMILES string of the molecule is CCNC(=O)NCc1cccc(-c2ccc([C@@H]3O[C@H](CSc4ccc(NC(C)=O)cc4)[C@H](C)[C@H](c4ccc(CO)cc4)O3)cc2)c1. The molecule has 1 heterocycles. The van der Waals surface area contributed by atoms with Crippen LogP contribution in [0.15, 0.2) is 102 Å². The van der Waals surface area contributed by atoms with Gasteiger partial charge in [-0.2, -0.15) is 0 Å². The highest BCUT2D eigenvalue weighted by molar-refractivity contribution is 7.99. The first-order valence-electron chi connectivity index (χ1n) is 15.5. The Morgan fingerprint density at radius 2 is 1.54 bits per heavy atom. The zero-order valence-electron chi connectivity index (χ0n) is 26.4. The molecule has 8 nitrogen and oxygen atoms in total. The fourth-order valence-corrected chi connectivity index (χ4v) is 6.49. The van der Waals surface area contributed by atoms with E-state index in [1.54, 1.807) is 11.8 Å². The fourth-order valence-electron chi connectivity index (χ4n) is 5.42. The van der Waals surface area contributed by atoms with Gasteiger partial charge in [-0.25, -0.2) is 4.79 Å². The maximum atomic E-state index is 11.8. The van der Waals surface area contributed by atoms with Gasteiger partial charge in [0, 0.05) is 47.8 Å². The summed E-state index contributed by atoms with van der Waals surface area (Å²) >= 11 is 1.71. The van der Waals surface area contributed by atoms with Crippen molar-refractivity contribution in [2.75, 3.05) is 17.6 Å². The molecule has 4 aromatic carbocycles. The standard InChI is InChI=1S/C37H41N3O5S/c1-4-38-37(43)39-21-27-6-5-7-31(20-27)28-12-14-30(15-13-28)36-44-34(23-46-33-18-16-32(17-19-33)40-25(3)42)24(2)35(45-36)29-10-8-26(22-41)9-11-29/h5-20,24,34-36,41H,4,21-23H2,1-3H3,(H,40,42)(H2,38,39,43)/t24-,34+,35+,36+/m0/s1. The average molecular weight is 640 g/mol. The van der Waals surface area contributed by atoms with Crippen LogP contribution in [0.25, 0.3) is 11.1 Å². The van der Waals surface area contributed by atoms with Gasteiger partial charge in [0.2, 0.25) is 5.91 Å². The van der Waals surface area contributed by atoms with Crippen LogP contribution in [0.4, 0.5) is 10.5 Å². The summed E-state index contributed by atoms with van der Waals surface area (Å²) in [6.45, 7) is 6.56. The molecular weight excluding hydrogens is 598 g/mol. The smallest absolute Gasteiger partial charge is 0.315 e. The Morgan fingerprint density at radius 1 is 0.826 bits per heavy atom. The van der Waals surface area contributed by atoms with E-state index in [0.717, 1.165) is 49.7 Å². The van der Waals surface area contributed by atoms with E-state index in [2.05, 4.69) is 47.1 Å². The highest BCUT2D eigenvalue weighted by atomic mass is 32.2. The van der Waals surface area contributed by atoms with Crippen LogP contribution >= 0.6 is 11.8 Å². The van der Waals surface area contributed by atoms with Crippen molar-refractivity contribution in [3.05, 3.63) is 119 Å². The molecule has 4 atom stereocenters. The number of hydrogen-bond acceptors (Lipinski definition) is 6. The van der Waals surface area contributed by atoms with Crippen molar-refractivity contribution in [3.63, 3.8) is 0 Å². The second-order valence-electron chi connectivity index (χ2n) is 11.4. The molecule has 5 rings (SSSR count). The lowest BCUT2D eigenvalue weighted by Crippen LogP contribution is -2.38. The number of benzene rings is 4. The van der Waals surface area contributed by atoms with Gasteiger partial charge in [-0.05, 0) is 65.1 Å². The molecule has 4 aromatic rings. The first-order valence-corrected chi connectivity index (χ1v) is 16.5. The van der Waals surface area contributed by atoms with Crippen LogP contribution in [0.5, 0.6) is 0 Å². The first kappa shape index (κ1) is 33.2. The lowest BCUT2D eigenvalue weighted by molar-refractivity contribution is -0.268. The molecule has 3 amide bonds. The van der Waals surface area contributed by atoms with E-state index < -0.39 is 6.29 Å². The Labute approximate surface area is 274 Å². The molecule has 0 aliphatic carbocycles. The maximum absolute atomic E-state index is 11.8. The predicted molar refractivity (Wildman–Crippen MR) is 182 cm³/mol. The predicted octanol–water partition coefficient (Wildman–Crippen LogP) is 7.21. The molecule has 1 fully saturated rings. The lowest BCUT2D eigenvalue weighted by atomic mass is 9.91. The molecule has 4 N–H and O–H groups in total. The number of carbonyl (C=O) groups is 2. The second-order valence-corrected chi connectivity index (χ2v) is 12.5. The third kappa shape index (κ3) is 8.76. The molecule has 46 heavy (non-hydrogen) atoms. The van der Waals surface area contributed by atoms with E-state index in [4.69, 9.17) is 9.47 Å². The van der Waals surface area contributed by atoms with Crippen molar-refractivity contribution in [3.8, 4) is 11.1 Å². The number of anilines is 1. The van der Waals surface area contributed by atoms with Gasteiger partial charge in [-0.15, -0.1) is 11.8 Å². The highest BCUT2D eigenvalue weighted by Crippen LogP contribution is 2.43. The van der Waals surface area contributed by atoms with Crippen molar-refractivity contribution in [2.45, 2.75) is 57.3 Å². The summed E-state index contributed by atoms with van der Waals surface area (Å²) < 4.78 is 13.3. The maximum Gasteiger partial charge on any atom is 0.315 e. The van der Waals surface area contributed by atoms with E-state index in [-0.39, 0.29) is 36.7 Å². The van der Waals surface area contributed by atoms with Crippen LogP contribution < -0.4 is 16.0 Å². The molecule has 0 unspecified atom stereocenters. The minimum Gasteiger partial charge on any atom is -0.392 e. The molecule has 0 spiro atoms. The molecule has 1 aliphatic heterocycles. The number of thioether (sulfide) groups is 1. The molecule has 0 bridgehead atoms. The third-order valence-corrected chi connectivity index (χ3v) is 9.05. The summed E-state index contributed by atoms with van der Waals surface area (Å²) in [6, 6.07) is 31.9. The van der Waals surface area contributed by atoms with Gasteiger partial charge in [-0.1, -0.05) is 73.7 Å². The minimum absolute atomic E-state index is 0.00690. The Hall–Kier alpha value is -4.15. The summed E-state index contributed by atoms with van der Waals surface area (Å²) in [5, 5.41) is 18.0. The number of aliphatic hydroxyl groups is 1. The molecule has 0 saturated carbocycles. The van der Waals surface area contributed by atoms with Crippen LogP contribution in [-0.4, -0.2) is 35.4 Å². The lowest BCUT2D eigenvalue weighted by Gasteiger charge is -2.41. The molecule has 0 aromatic heterocycles. The van der Waals surface area contributed by atoms with Crippen molar-refractivity contribution >= 4 is 29.4 Å². The Balaban J connectivity index is 1.32. The number of nitrogens with one attached hydrogen (secondary N) is 3. The number of carbonyl (C=O) groups excluding carboxylic acids is 2. The molecule has 9 heteroatoms.